The number of carbonyl (C=O) groups excluding carboxylic acids is 1. The van der Waals surface area contributed by atoms with Crippen LogP contribution in [0.5, 0.6) is 0 Å². The predicted octanol–water partition coefficient (Wildman–Crippen LogP) is 3.07. The zero-order valence-electron chi connectivity index (χ0n) is 15.6. The number of benzene rings is 2. The first kappa shape index (κ1) is 18.5. The molecule has 0 spiro atoms. The van der Waals surface area contributed by atoms with Crippen molar-refractivity contribution in [3.63, 3.8) is 0 Å². The third-order valence-corrected chi connectivity index (χ3v) is 5.55. The number of amides is 1. The van der Waals surface area contributed by atoms with Gasteiger partial charge in [-0.2, -0.15) is 0 Å². The summed E-state index contributed by atoms with van der Waals surface area (Å²) in [5, 5.41) is 4.22. The standard InChI is InChI=1S/C21H25N3OS/c1-4-15-9-8-10-16(5-2)21(15)23-19(25)13-24(3)14-20-22-17-11-6-7-12-18(17)26-20/h6-12H,4-5,13-14H2,1-3H3,(H,23,25)/p+1. The van der Waals surface area contributed by atoms with Crippen molar-refractivity contribution in [1.82, 2.24) is 4.98 Å². The summed E-state index contributed by atoms with van der Waals surface area (Å²) < 4.78 is 1.20. The van der Waals surface area contributed by atoms with E-state index in [9.17, 15) is 4.79 Å². The Bertz CT molecular complexity index is 848. The van der Waals surface area contributed by atoms with E-state index in [1.54, 1.807) is 11.3 Å². The van der Waals surface area contributed by atoms with Gasteiger partial charge in [0.05, 0.1) is 17.3 Å². The lowest BCUT2D eigenvalue weighted by Crippen LogP contribution is -3.08. The van der Waals surface area contributed by atoms with E-state index in [1.807, 2.05) is 25.2 Å². The van der Waals surface area contributed by atoms with Crippen LogP contribution in [0.4, 0.5) is 5.69 Å². The van der Waals surface area contributed by atoms with Gasteiger partial charge in [-0.1, -0.05) is 44.2 Å². The number of fused-ring (bicyclic) bond motifs is 1. The number of hydrogen-bond acceptors (Lipinski definition) is 3. The molecule has 0 radical (unpaired) electrons. The lowest BCUT2D eigenvalue weighted by atomic mass is 10.0. The smallest absolute Gasteiger partial charge is 0.279 e. The normalized spacial score (nSPS) is 12.3. The van der Waals surface area contributed by atoms with E-state index in [2.05, 4.69) is 48.4 Å². The Morgan fingerprint density at radius 1 is 1.08 bits per heavy atom. The highest BCUT2D eigenvalue weighted by Crippen LogP contribution is 2.22. The van der Waals surface area contributed by atoms with Gasteiger partial charge in [-0.05, 0) is 36.1 Å². The third-order valence-electron chi connectivity index (χ3n) is 4.52. The van der Waals surface area contributed by atoms with Gasteiger partial charge in [0.2, 0.25) is 0 Å². The van der Waals surface area contributed by atoms with Crippen molar-refractivity contribution < 1.29 is 9.69 Å². The number of aromatic nitrogens is 1. The fourth-order valence-electron chi connectivity index (χ4n) is 3.18. The second-order valence-corrected chi connectivity index (χ2v) is 7.71. The number of nitrogens with one attached hydrogen (secondary N) is 2. The topological polar surface area (TPSA) is 46.4 Å². The molecule has 0 aliphatic carbocycles. The molecule has 5 heteroatoms. The molecule has 0 saturated carbocycles. The number of anilines is 1. The minimum atomic E-state index is 0.0548. The Kier molecular flexibility index (Phi) is 6.01. The first-order chi connectivity index (χ1) is 12.6. The van der Waals surface area contributed by atoms with Gasteiger partial charge >= 0.3 is 0 Å². The zero-order valence-corrected chi connectivity index (χ0v) is 16.5. The maximum Gasteiger partial charge on any atom is 0.279 e. The Hall–Kier alpha value is -2.24. The van der Waals surface area contributed by atoms with Crippen LogP contribution in [0.1, 0.15) is 30.0 Å². The van der Waals surface area contributed by atoms with Gasteiger partial charge in [-0.3, -0.25) is 4.79 Å². The fourth-order valence-corrected chi connectivity index (χ4v) is 4.26. The highest BCUT2D eigenvalue weighted by Gasteiger charge is 2.16. The Labute approximate surface area is 158 Å². The third kappa shape index (κ3) is 4.29. The van der Waals surface area contributed by atoms with E-state index in [-0.39, 0.29) is 5.91 Å². The first-order valence-electron chi connectivity index (χ1n) is 9.17. The van der Waals surface area contributed by atoms with Gasteiger partial charge in [0, 0.05) is 5.69 Å². The molecule has 3 rings (SSSR count). The van der Waals surface area contributed by atoms with Crippen molar-refractivity contribution in [3.05, 3.63) is 58.6 Å². The minimum Gasteiger partial charge on any atom is -0.324 e. The minimum absolute atomic E-state index is 0.0548. The molecule has 4 nitrogen and oxygen atoms in total. The lowest BCUT2D eigenvalue weighted by Gasteiger charge is -2.16. The molecule has 136 valence electrons. The number of para-hydroxylation sites is 2. The molecule has 2 N–H and O–H groups in total. The van der Waals surface area contributed by atoms with Crippen LogP contribution < -0.4 is 10.2 Å². The monoisotopic (exact) mass is 368 g/mol. The van der Waals surface area contributed by atoms with Crippen LogP contribution in [-0.2, 0) is 24.2 Å². The van der Waals surface area contributed by atoms with Crippen LogP contribution >= 0.6 is 11.3 Å². The summed E-state index contributed by atoms with van der Waals surface area (Å²) >= 11 is 1.71. The number of thiazole rings is 1. The van der Waals surface area contributed by atoms with Crippen molar-refractivity contribution in [3.8, 4) is 0 Å². The van der Waals surface area contributed by atoms with Crippen LogP contribution in [0.2, 0.25) is 0 Å². The number of hydrogen-bond donors (Lipinski definition) is 2. The van der Waals surface area contributed by atoms with Gasteiger partial charge < -0.3 is 10.2 Å². The number of nitrogens with zero attached hydrogens (tertiary/aromatic N) is 1. The Morgan fingerprint density at radius 3 is 2.42 bits per heavy atom. The van der Waals surface area contributed by atoms with Crippen molar-refractivity contribution in [2.24, 2.45) is 0 Å². The molecule has 1 atom stereocenters. The highest BCUT2D eigenvalue weighted by atomic mass is 32.1. The number of quaternary nitrogens is 1. The van der Waals surface area contributed by atoms with Crippen LogP contribution in [0.3, 0.4) is 0 Å². The summed E-state index contributed by atoms with van der Waals surface area (Å²) in [5.41, 5.74) is 4.42. The SMILES string of the molecule is CCc1cccc(CC)c1NC(=O)C[NH+](C)Cc1nc2ccccc2s1. The zero-order chi connectivity index (χ0) is 18.5. The summed E-state index contributed by atoms with van der Waals surface area (Å²) in [6, 6.07) is 14.4. The van der Waals surface area contributed by atoms with Gasteiger partial charge in [-0.25, -0.2) is 4.98 Å². The van der Waals surface area contributed by atoms with Gasteiger partial charge in [0.15, 0.2) is 6.54 Å². The van der Waals surface area contributed by atoms with Crippen LogP contribution in [0, 0.1) is 0 Å². The predicted molar refractivity (Wildman–Crippen MR) is 109 cm³/mol. The summed E-state index contributed by atoms with van der Waals surface area (Å²) in [7, 11) is 2.04. The second-order valence-electron chi connectivity index (χ2n) is 6.59. The molecule has 0 fully saturated rings. The molecule has 1 aromatic heterocycles. The van der Waals surface area contributed by atoms with Crippen LogP contribution in [0.15, 0.2) is 42.5 Å². The molecule has 0 aliphatic heterocycles. The van der Waals surface area contributed by atoms with Crippen LogP contribution in [0.25, 0.3) is 10.2 Å². The highest BCUT2D eigenvalue weighted by molar-refractivity contribution is 7.18. The average molecular weight is 369 g/mol. The van der Waals surface area contributed by atoms with Crippen molar-refractivity contribution in [2.45, 2.75) is 33.2 Å². The largest absolute Gasteiger partial charge is 0.324 e. The maximum atomic E-state index is 12.6. The van der Waals surface area contributed by atoms with E-state index >= 15 is 0 Å². The van der Waals surface area contributed by atoms with E-state index in [0.717, 1.165) is 40.5 Å². The molecule has 1 amide bonds. The van der Waals surface area contributed by atoms with Gasteiger partial charge in [0.25, 0.3) is 5.91 Å². The molecule has 2 aromatic carbocycles. The summed E-state index contributed by atoms with van der Waals surface area (Å²) in [4.78, 5) is 18.4. The second kappa shape index (κ2) is 8.43. The van der Waals surface area contributed by atoms with Gasteiger partial charge in [-0.15, -0.1) is 11.3 Å². The molecule has 3 aromatic rings. The summed E-state index contributed by atoms with van der Waals surface area (Å²) in [6.07, 6.45) is 1.83. The van der Waals surface area contributed by atoms with Crippen molar-refractivity contribution in [2.75, 3.05) is 18.9 Å². The molecular formula is C21H26N3OS+. The number of carbonyl (C=O) groups is 1. The lowest BCUT2D eigenvalue weighted by molar-refractivity contribution is -0.885. The molecule has 26 heavy (non-hydrogen) atoms. The van der Waals surface area contributed by atoms with E-state index in [4.69, 9.17) is 0 Å². The average Bonchev–Trinajstić information content (AvgIpc) is 3.03. The Balaban J connectivity index is 1.64. The van der Waals surface area contributed by atoms with Crippen LogP contribution in [-0.4, -0.2) is 24.5 Å². The molecule has 0 aliphatic rings. The number of likely N-dealkylation sites (N-methyl/N-ethyl adjacent to an activating group) is 1. The fraction of sp³-hybridized carbons (Fsp3) is 0.333. The quantitative estimate of drug-likeness (QED) is 0.673. The van der Waals surface area contributed by atoms with E-state index < -0.39 is 0 Å². The maximum absolute atomic E-state index is 12.6. The van der Waals surface area contributed by atoms with Crippen molar-refractivity contribution >= 4 is 33.1 Å². The molecule has 0 bridgehead atoms. The van der Waals surface area contributed by atoms with E-state index in [0.29, 0.717) is 6.54 Å². The Morgan fingerprint density at radius 2 is 1.77 bits per heavy atom. The summed E-state index contributed by atoms with van der Waals surface area (Å²) in [5.74, 6) is 0.0548. The van der Waals surface area contributed by atoms with Gasteiger partial charge in [0.1, 0.15) is 11.6 Å². The molecule has 0 saturated heterocycles. The number of rotatable bonds is 7. The summed E-state index contributed by atoms with van der Waals surface area (Å²) in [6.45, 7) is 5.42. The first-order valence-corrected chi connectivity index (χ1v) is 9.98. The molecule has 1 unspecified atom stereocenters. The van der Waals surface area contributed by atoms with E-state index in [1.165, 1.54) is 15.8 Å². The van der Waals surface area contributed by atoms with Crippen molar-refractivity contribution in [1.29, 1.82) is 0 Å². The number of aryl methyl sites for hydroxylation is 2. The molecule has 1 heterocycles. The molecular weight excluding hydrogens is 342 g/mol.